The van der Waals surface area contributed by atoms with Gasteiger partial charge in [0.25, 0.3) is 0 Å². The second kappa shape index (κ2) is 7.91. The third-order valence-corrected chi connectivity index (χ3v) is 3.65. The fraction of sp³-hybridized carbons (Fsp3) is 0.846. The van der Waals surface area contributed by atoms with E-state index in [1.54, 1.807) is 0 Å². The number of piperidine rings is 1. The monoisotopic (exact) mass is 380 g/mol. The lowest BCUT2D eigenvalue weighted by molar-refractivity contribution is -0.119. The average molecular weight is 380 g/mol. The summed E-state index contributed by atoms with van der Waals surface area (Å²) in [6.45, 7) is 5.10. The van der Waals surface area contributed by atoms with Crippen LogP contribution in [0.25, 0.3) is 0 Å². The molecule has 1 aliphatic heterocycles. The molecule has 1 unspecified atom stereocenters. The van der Waals surface area contributed by atoms with E-state index in [-0.39, 0.29) is 36.4 Å². The normalized spacial score (nSPS) is 23.7. The van der Waals surface area contributed by atoms with Crippen molar-refractivity contribution in [1.29, 1.82) is 0 Å². The number of carbonyl (C=O) groups is 1. The first-order valence-corrected chi connectivity index (χ1v) is 6.96. The number of hydrogen-bond donors (Lipinski definition) is 2. The van der Waals surface area contributed by atoms with Gasteiger partial charge in [0, 0.05) is 19.6 Å². The van der Waals surface area contributed by atoms with E-state index in [0.717, 1.165) is 26.1 Å². The van der Waals surface area contributed by atoms with E-state index in [1.165, 1.54) is 19.3 Å². The molecular formula is C13H25IN4O. The van der Waals surface area contributed by atoms with Crippen molar-refractivity contribution < 1.29 is 4.79 Å². The zero-order valence-electron chi connectivity index (χ0n) is 11.6. The molecule has 0 bridgehead atoms. The summed E-state index contributed by atoms with van der Waals surface area (Å²) in [5.41, 5.74) is 5.92. The minimum absolute atomic E-state index is 0. The van der Waals surface area contributed by atoms with Gasteiger partial charge in [0.2, 0.25) is 5.91 Å². The molecule has 2 aliphatic rings. The van der Waals surface area contributed by atoms with E-state index >= 15 is 0 Å². The predicted molar refractivity (Wildman–Crippen MR) is 87.6 cm³/mol. The Hall–Kier alpha value is -0.530. The van der Waals surface area contributed by atoms with Crippen LogP contribution < -0.4 is 11.1 Å². The zero-order chi connectivity index (χ0) is 13.0. The van der Waals surface area contributed by atoms with E-state index in [0.29, 0.717) is 17.8 Å². The second-order valence-electron chi connectivity index (χ2n) is 5.62. The molecule has 0 radical (unpaired) electrons. The van der Waals surface area contributed by atoms with E-state index in [9.17, 15) is 4.79 Å². The summed E-state index contributed by atoms with van der Waals surface area (Å²) in [5.74, 6) is 1.87. The Kier molecular flexibility index (Phi) is 6.88. The summed E-state index contributed by atoms with van der Waals surface area (Å²) in [5, 5.41) is 2.89. The van der Waals surface area contributed by atoms with Crippen LogP contribution in [-0.4, -0.2) is 42.9 Å². The van der Waals surface area contributed by atoms with Gasteiger partial charge in [-0.25, -0.2) is 4.99 Å². The number of halogens is 1. The van der Waals surface area contributed by atoms with Crippen molar-refractivity contribution in [2.24, 2.45) is 22.6 Å². The van der Waals surface area contributed by atoms with Gasteiger partial charge < -0.3 is 16.0 Å². The van der Waals surface area contributed by atoms with Crippen molar-refractivity contribution >= 4 is 35.8 Å². The number of nitrogens with two attached hydrogens (primary N) is 1. The van der Waals surface area contributed by atoms with Crippen molar-refractivity contribution in [2.45, 2.75) is 32.6 Å². The van der Waals surface area contributed by atoms with Gasteiger partial charge in [-0.05, 0) is 37.5 Å². The smallest absolute Gasteiger partial charge is 0.241 e. The Morgan fingerprint density at radius 2 is 2.16 bits per heavy atom. The zero-order valence-corrected chi connectivity index (χ0v) is 13.9. The van der Waals surface area contributed by atoms with Gasteiger partial charge in [-0.3, -0.25) is 4.79 Å². The molecular weight excluding hydrogens is 355 g/mol. The Labute approximate surface area is 132 Å². The molecule has 1 saturated carbocycles. The molecule has 0 aromatic rings. The highest BCUT2D eigenvalue weighted by Gasteiger charge is 2.21. The molecule has 1 amide bonds. The summed E-state index contributed by atoms with van der Waals surface area (Å²) in [6, 6.07) is 0. The van der Waals surface area contributed by atoms with Crippen molar-refractivity contribution in [2.75, 3.05) is 26.2 Å². The quantitative estimate of drug-likeness (QED) is 0.437. The van der Waals surface area contributed by atoms with E-state index < -0.39 is 0 Å². The van der Waals surface area contributed by atoms with E-state index in [1.807, 2.05) is 0 Å². The number of nitrogens with zero attached hydrogens (tertiary/aromatic N) is 2. The van der Waals surface area contributed by atoms with Gasteiger partial charge in [0.05, 0.1) is 0 Å². The molecule has 0 aromatic carbocycles. The highest BCUT2D eigenvalue weighted by atomic mass is 127. The van der Waals surface area contributed by atoms with Gasteiger partial charge in [-0.1, -0.05) is 6.92 Å². The molecule has 5 nitrogen and oxygen atoms in total. The van der Waals surface area contributed by atoms with Crippen LogP contribution in [0.2, 0.25) is 0 Å². The van der Waals surface area contributed by atoms with Gasteiger partial charge in [-0.2, -0.15) is 0 Å². The third kappa shape index (κ3) is 5.97. The highest BCUT2D eigenvalue weighted by Crippen LogP contribution is 2.27. The molecule has 0 aromatic heterocycles. The molecule has 1 saturated heterocycles. The third-order valence-electron chi connectivity index (χ3n) is 3.65. The first-order valence-electron chi connectivity index (χ1n) is 6.96. The lowest BCUT2D eigenvalue weighted by Crippen LogP contribution is -2.44. The molecule has 3 N–H and O–H groups in total. The van der Waals surface area contributed by atoms with Gasteiger partial charge in [0.15, 0.2) is 5.96 Å². The maximum atomic E-state index is 11.5. The summed E-state index contributed by atoms with van der Waals surface area (Å²) < 4.78 is 0. The fourth-order valence-corrected chi connectivity index (χ4v) is 2.29. The number of carbonyl (C=O) groups excluding carboxylic acids is 1. The van der Waals surface area contributed by atoms with Crippen LogP contribution in [-0.2, 0) is 4.79 Å². The van der Waals surface area contributed by atoms with Gasteiger partial charge in [0.1, 0.15) is 6.54 Å². The van der Waals surface area contributed by atoms with Crippen molar-refractivity contribution in [3.8, 4) is 0 Å². The van der Waals surface area contributed by atoms with Crippen LogP contribution in [0, 0.1) is 11.8 Å². The van der Waals surface area contributed by atoms with Crippen molar-refractivity contribution in [3.63, 3.8) is 0 Å². The number of hydrogen-bond acceptors (Lipinski definition) is 2. The molecule has 0 spiro atoms. The van der Waals surface area contributed by atoms with E-state index in [2.05, 4.69) is 22.1 Å². The Balaban J connectivity index is 0.00000180. The van der Waals surface area contributed by atoms with Crippen LogP contribution in [0.15, 0.2) is 4.99 Å². The predicted octanol–water partition coefficient (Wildman–Crippen LogP) is 1.18. The van der Waals surface area contributed by atoms with Crippen LogP contribution in [0.1, 0.15) is 32.6 Å². The first kappa shape index (κ1) is 16.5. The number of likely N-dealkylation sites (tertiary alicyclic amines) is 1. The largest absolute Gasteiger partial charge is 0.370 e. The van der Waals surface area contributed by atoms with Crippen LogP contribution in [0.4, 0.5) is 0 Å². The number of nitrogens with one attached hydrogen (secondary N) is 1. The van der Waals surface area contributed by atoms with Crippen LogP contribution >= 0.6 is 24.0 Å². The number of amides is 1. The number of aliphatic imine (C=N–C) groups is 1. The molecule has 2 rings (SSSR count). The minimum Gasteiger partial charge on any atom is -0.370 e. The second-order valence-corrected chi connectivity index (χ2v) is 5.62. The molecule has 6 heteroatoms. The summed E-state index contributed by atoms with van der Waals surface area (Å²) in [6.07, 6.45) is 4.91. The van der Waals surface area contributed by atoms with Crippen molar-refractivity contribution in [1.82, 2.24) is 10.2 Å². The van der Waals surface area contributed by atoms with E-state index in [4.69, 9.17) is 5.73 Å². The maximum absolute atomic E-state index is 11.5. The van der Waals surface area contributed by atoms with Gasteiger partial charge in [-0.15, -0.1) is 24.0 Å². The lowest BCUT2D eigenvalue weighted by atomic mass is 10.0. The fourth-order valence-electron chi connectivity index (χ4n) is 2.29. The Morgan fingerprint density at radius 1 is 1.42 bits per heavy atom. The molecule has 1 atom stereocenters. The van der Waals surface area contributed by atoms with Crippen LogP contribution in [0.5, 0.6) is 0 Å². The Bertz CT molecular complexity index is 331. The highest BCUT2D eigenvalue weighted by molar-refractivity contribution is 14.0. The molecule has 1 aliphatic carbocycles. The minimum atomic E-state index is -0.0186. The summed E-state index contributed by atoms with van der Waals surface area (Å²) >= 11 is 0. The lowest BCUT2D eigenvalue weighted by Gasteiger charge is -2.31. The first-order chi connectivity index (χ1) is 8.65. The van der Waals surface area contributed by atoms with Crippen LogP contribution in [0.3, 0.4) is 0 Å². The van der Waals surface area contributed by atoms with Gasteiger partial charge >= 0.3 is 0 Å². The topological polar surface area (TPSA) is 70.7 Å². The van der Waals surface area contributed by atoms with Crippen molar-refractivity contribution in [3.05, 3.63) is 0 Å². The molecule has 110 valence electrons. The molecule has 1 heterocycles. The Morgan fingerprint density at radius 3 is 2.79 bits per heavy atom. The average Bonchev–Trinajstić information content (AvgIpc) is 3.17. The summed E-state index contributed by atoms with van der Waals surface area (Å²) in [7, 11) is 0. The number of guanidine groups is 1. The maximum Gasteiger partial charge on any atom is 0.241 e. The standard InChI is InChI=1S/C13H24N4O.HI/c1-10-3-2-6-17(9-10)13(14)16-8-12(18)15-7-11-4-5-11;/h10-11H,2-9H2,1H3,(H2,14,16)(H,15,18);1H. The molecule has 2 fully saturated rings. The number of rotatable bonds is 4. The summed E-state index contributed by atoms with van der Waals surface area (Å²) in [4.78, 5) is 17.8. The molecule has 19 heavy (non-hydrogen) atoms. The SMILES string of the molecule is CC1CCCN(C(N)=NCC(=O)NCC2CC2)C1.I.